The molecule has 0 aromatic rings. The van der Waals surface area contributed by atoms with Crippen LogP contribution in [0.1, 0.15) is 69.2 Å². The van der Waals surface area contributed by atoms with Gasteiger partial charge in [0.2, 0.25) is 0 Å². The maximum atomic E-state index is 2.48. The van der Waals surface area contributed by atoms with Gasteiger partial charge in [0.15, 0.2) is 0 Å². The molecule has 0 unspecified atom stereocenters. The predicted molar refractivity (Wildman–Crippen MR) is 68.9 cm³/mol. The molecule has 1 saturated carbocycles. The minimum atomic E-state index is 0.357. The van der Waals surface area contributed by atoms with E-state index in [1.54, 1.807) is 0 Å². The van der Waals surface area contributed by atoms with Gasteiger partial charge in [0, 0.05) is 0 Å². The van der Waals surface area contributed by atoms with Gasteiger partial charge in [-0.05, 0) is 27.1 Å². The topological polar surface area (TPSA) is 0 Å². The maximum Gasteiger partial charge on any atom is -0.0164 e. The summed E-state index contributed by atoms with van der Waals surface area (Å²) < 4.78 is 0. The van der Waals surface area contributed by atoms with Crippen LogP contribution in [-0.2, 0) is 0 Å². The average molecular weight is 210 g/mol. The summed E-state index contributed by atoms with van der Waals surface area (Å²) in [5.74, 6) is 0. The fourth-order valence-corrected chi connectivity index (χ4v) is 4.62. The maximum absolute atomic E-state index is 2.48. The summed E-state index contributed by atoms with van der Waals surface area (Å²) in [4.78, 5) is 0. The van der Waals surface area contributed by atoms with E-state index in [4.69, 9.17) is 0 Å². The Morgan fingerprint density at radius 2 is 0.800 bits per heavy atom. The van der Waals surface area contributed by atoms with Crippen LogP contribution >= 0.6 is 0 Å². The number of rotatable bonds is 0. The van der Waals surface area contributed by atoms with E-state index in [-0.39, 0.29) is 0 Å². The molecule has 0 radical (unpaired) electrons. The zero-order valence-electron chi connectivity index (χ0n) is 12.5. The molecular weight excluding hydrogens is 180 g/mol. The number of hydrogen-bond donors (Lipinski definition) is 0. The predicted octanol–water partition coefficient (Wildman–Crippen LogP) is 5.13. The lowest BCUT2D eigenvalue weighted by atomic mass is 9.23. The molecule has 0 saturated heterocycles. The molecule has 1 fully saturated rings. The molecule has 0 spiro atoms. The van der Waals surface area contributed by atoms with Crippen LogP contribution in [0.2, 0.25) is 0 Å². The Kier molecular flexibility index (Phi) is 2.29. The van der Waals surface area contributed by atoms with Crippen LogP contribution in [-0.4, -0.2) is 0 Å². The fraction of sp³-hybridized carbons (Fsp3) is 1.00. The van der Waals surface area contributed by atoms with Crippen molar-refractivity contribution in [1.82, 2.24) is 0 Å². The van der Waals surface area contributed by atoms with Gasteiger partial charge in [-0.3, -0.25) is 0 Å². The van der Waals surface area contributed by atoms with Gasteiger partial charge < -0.3 is 0 Å². The zero-order valence-corrected chi connectivity index (χ0v) is 12.5. The molecule has 0 aromatic heterocycles. The van der Waals surface area contributed by atoms with Crippen LogP contribution in [0.25, 0.3) is 0 Å². The van der Waals surface area contributed by atoms with E-state index in [1.807, 2.05) is 0 Å². The van der Waals surface area contributed by atoms with E-state index < -0.39 is 0 Å². The summed E-state index contributed by atoms with van der Waals surface area (Å²) in [6.07, 6.45) is 0. The van der Waals surface area contributed by atoms with Gasteiger partial charge in [-0.2, -0.15) is 0 Å². The Bertz CT molecular complexity index is 253. The molecule has 0 atom stereocenters. The Morgan fingerprint density at radius 3 is 0.933 bits per heavy atom. The second-order valence-corrected chi connectivity index (χ2v) is 8.25. The van der Waals surface area contributed by atoms with Crippen molar-refractivity contribution >= 4 is 0 Å². The zero-order chi connectivity index (χ0) is 12.5. The Balaban J connectivity index is 3.36. The fourth-order valence-electron chi connectivity index (χ4n) is 4.62. The van der Waals surface area contributed by atoms with Crippen LogP contribution in [0.4, 0.5) is 0 Å². The summed E-state index contributed by atoms with van der Waals surface area (Å²) >= 11 is 0. The summed E-state index contributed by atoms with van der Waals surface area (Å²) in [7, 11) is 0. The van der Waals surface area contributed by atoms with Crippen molar-refractivity contribution in [2.75, 3.05) is 0 Å². The summed E-state index contributed by atoms with van der Waals surface area (Å²) in [5.41, 5.74) is 1.93. The first-order valence-electron chi connectivity index (χ1n) is 6.25. The lowest BCUT2D eigenvalue weighted by molar-refractivity contribution is -0.333. The van der Waals surface area contributed by atoms with Crippen LogP contribution in [0.3, 0.4) is 0 Å². The van der Waals surface area contributed by atoms with E-state index in [0.29, 0.717) is 27.1 Å². The quantitative estimate of drug-likeness (QED) is 0.520. The van der Waals surface area contributed by atoms with Crippen molar-refractivity contribution in [3.63, 3.8) is 0 Å². The first-order chi connectivity index (χ1) is 6.25. The standard InChI is InChI=1S/C15H30/c1-11(2,3)15(10)13(6,7)12(4,5)14(15,8)9/h1-10H3. The van der Waals surface area contributed by atoms with Gasteiger partial charge in [-0.15, -0.1) is 0 Å². The van der Waals surface area contributed by atoms with Crippen molar-refractivity contribution in [3.05, 3.63) is 0 Å². The van der Waals surface area contributed by atoms with E-state index in [1.165, 1.54) is 0 Å². The van der Waals surface area contributed by atoms with Gasteiger partial charge in [-0.1, -0.05) is 69.2 Å². The molecule has 1 aliphatic carbocycles. The summed E-state index contributed by atoms with van der Waals surface area (Å²) in [6, 6.07) is 0. The van der Waals surface area contributed by atoms with Gasteiger partial charge in [0.05, 0.1) is 0 Å². The van der Waals surface area contributed by atoms with Crippen LogP contribution in [0.5, 0.6) is 0 Å². The minimum absolute atomic E-state index is 0.357. The average Bonchev–Trinajstić information content (AvgIpc) is 1.98. The Labute approximate surface area is 96.8 Å². The molecule has 0 heterocycles. The minimum Gasteiger partial charge on any atom is -0.0596 e. The lowest BCUT2D eigenvalue weighted by Gasteiger charge is -2.81. The monoisotopic (exact) mass is 210 g/mol. The first kappa shape index (κ1) is 13.1. The largest absolute Gasteiger partial charge is 0.0596 e. The van der Waals surface area contributed by atoms with Crippen molar-refractivity contribution in [1.29, 1.82) is 0 Å². The van der Waals surface area contributed by atoms with Gasteiger partial charge >= 0.3 is 0 Å². The molecule has 15 heavy (non-hydrogen) atoms. The van der Waals surface area contributed by atoms with Crippen molar-refractivity contribution in [2.45, 2.75) is 69.2 Å². The molecule has 0 aromatic carbocycles. The van der Waals surface area contributed by atoms with Crippen LogP contribution in [0, 0.1) is 27.1 Å². The molecule has 1 aliphatic rings. The molecule has 0 heteroatoms. The molecule has 0 amide bonds. The number of hydrogen-bond acceptors (Lipinski definition) is 0. The highest BCUT2D eigenvalue weighted by atomic mass is 14.8. The first-order valence-corrected chi connectivity index (χ1v) is 6.25. The van der Waals surface area contributed by atoms with E-state index >= 15 is 0 Å². The smallest absolute Gasteiger partial charge is 0.0164 e. The van der Waals surface area contributed by atoms with Crippen molar-refractivity contribution in [3.8, 4) is 0 Å². The van der Waals surface area contributed by atoms with E-state index in [0.717, 1.165) is 0 Å². The molecule has 90 valence electrons. The van der Waals surface area contributed by atoms with Crippen LogP contribution in [0.15, 0.2) is 0 Å². The lowest BCUT2D eigenvalue weighted by Crippen LogP contribution is -2.75. The highest BCUT2D eigenvalue weighted by Gasteiger charge is 2.76. The van der Waals surface area contributed by atoms with E-state index in [9.17, 15) is 0 Å². The SMILES string of the molecule is CC(C)(C)C1(C)C(C)(C)C(C)(C)C1(C)C. The van der Waals surface area contributed by atoms with Gasteiger partial charge in [-0.25, -0.2) is 0 Å². The van der Waals surface area contributed by atoms with Crippen LogP contribution < -0.4 is 0 Å². The van der Waals surface area contributed by atoms with E-state index in [2.05, 4.69) is 69.2 Å². The third-order valence-electron chi connectivity index (χ3n) is 7.12. The molecular formula is C15H30. The second kappa shape index (κ2) is 2.63. The molecule has 0 bridgehead atoms. The highest BCUT2D eigenvalue weighted by Crippen LogP contribution is 2.82. The third-order valence-corrected chi connectivity index (χ3v) is 7.12. The molecule has 1 rings (SSSR count). The summed E-state index contributed by atoms with van der Waals surface area (Å²) in [6.45, 7) is 24.3. The van der Waals surface area contributed by atoms with Gasteiger partial charge in [0.25, 0.3) is 0 Å². The van der Waals surface area contributed by atoms with Crippen molar-refractivity contribution in [2.24, 2.45) is 27.1 Å². The molecule has 0 nitrogen and oxygen atoms in total. The normalized spacial score (nSPS) is 30.8. The Morgan fingerprint density at radius 1 is 0.533 bits per heavy atom. The summed E-state index contributed by atoms with van der Waals surface area (Å²) in [5, 5.41) is 0. The third kappa shape index (κ3) is 0.996. The van der Waals surface area contributed by atoms with Gasteiger partial charge in [0.1, 0.15) is 0 Å². The Hall–Kier alpha value is 0. The second-order valence-electron chi connectivity index (χ2n) is 8.25. The molecule has 0 aliphatic heterocycles. The van der Waals surface area contributed by atoms with Crippen molar-refractivity contribution < 1.29 is 0 Å². The highest BCUT2D eigenvalue weighted by molar-refractivity contribution is 5.23. The molecule has 0 N–H and O–H groups in total.